The van der Waals surface area contributed by atoms with Gasteiger partial charge in [0.1, 0.15) is 5.82 Å². The van der Waals surface area contributed by atoms with Crippen molar-refractivity contribution in [2.75, 3.05) is 31.6 Å². The van der Waals surface area contributed by atoms with Crippen LogP contribution in [0.2, 0.25) is 0 Å². The van der Waals surface area contributed by atoms with Gasteiger partial charge in [0.05, 0.1) is 6.04 Å². The largest absolute Gasteiger partial charge is 0.478 e. The normalized spacial score (nSPS) is 18.2. The standard InChI is InChI=1S/C17H19N3.C4H4O4/c1-19-9-10-20-16(12-19)15-7-3-2-5-13(15)11-14-6-4-8-18-17(14)20;5-3(6)1-2-4(7)8/h2-8,16H,9-12H2,1H3;1-2H,(H,5,6)(H,7,8)/b;2-1-/t16-;/m0./s1. The molecule has 0 saturated carbocycles. The summed E-state index contributed by atoms with van der Waals surface area (Å²) in [7, 11) is 2.21. The van der Waals surface area contributed by atoms with E-state index in [1.807, 2.05) is 6.20 Å². The van der Waals surface area contributed by atoms with Gasteiger partial charge in [-0.2, -0.15) is 0 Å². The Morgan fingerprint density at radius 1 is 1.04 bits per heavy atom. The molecule has 2 N–H and O–H groups in total. The number of anilines is 1. The minimum Gasteiger partial charge on any atom is -0.478 e. The molecule has 28 heavy (non-hydrogen) atoms. The Kier molecular flexibility index (Phi) is 6.06. The first-order valence-corrected chi connectivity index (χ1v) is 9.06. The minimum atomic E-state index is -1.26. The van der Waals surface area contributed by atoms with Crippen molar-refractivity contribution in [1.82, 2.24) is 9.88 Å². The maximum atomic E-state index is 9.55. The monoisotopic (exact) mass is 381 g/mol. The summed E-state index contributed by atoms with van der Waals surface area (Å²) < 4.78 is 0. The number of benzene rings is 1. The fourth-order valence-corrected chi connectivity index (χ4v) is 3.63. The van der Waals surface area contributed by atoms with Crippen LogP contribution in [0.5, 0.6) is 0 Å². The third kappa shape index (κ3) is 4.55. The second-order valence-electron chi connectivity index (χ2n) is 6.84. The van der Waals surface area contributed by atoms with Crippen molar-refractivity contribution >= 4 is 17.8 Å². The molecule has 2 aliphatic rings. The van der Waals surface area contributed by atoms with Crippen LogP contribution in [0.1, 0.15) is 22.7 Å². The van der Waals surface area contributed by atoms with Crippen LogP contribution in [0.4, 0.5) is 5.82 Å². The Morgan fingerprint density at radius 3 is 2.43 bits per heavy atom. The lowest BCUT2D eigenvalue weighted by Gasteiger charge is -2.41. The first-order chi connectivity index (χ1) is 13.5. The van der Waals surface area contributed by atoms with Gasteiger partial charge in [0, 0.05) is 44.4 Å². The molecule has 2 aromatic rings. The molecule has 146 valence electrons. The molecule has 0 aliphatic carbocycles. The second kappa shape index (κ2) is 8.67. The van der Waals surface area contributed by atoms with Crippen LogP contribution in [-0.2, 0) is 16.0 Å². The zero-order valence-electron chi connectivity index (χ0n) is 15.7. The van der Waals surface area contributed by atoms with Gasteiger partial charge in [-0.3, -0.25) is 0 Å². The molecule has 1 fully saturated rings. The smallest absolute Gasteiger partial charge is 0.328 e. The first-order valence-electron chi connectivity index (χ1n) is 9.06. The molecule has 1 aromatic carbocycles. The molecule has 0 amide bonds. The number of aromatic nitrogens is 1. The van der Waals surface area contributed by atoms with E-state index in [2.05, 4.69) is 58.2 Å². The van der Waals surface area contributed by atoms with E-state index in [0.29, 0.717) is 18.2 Å². The predicted octanol–water partition coefficient (Wildman–Crippen LogP) is 2.19. The predicted molar refractivity (Wildman–Crippen MR) is 105 cm³/mol. The number of hydrogen-bond acceptors (Lipinski definition) is 5. The summed E-state index contributed by atoms with van der Waals surface area (Å²) in [4.78, 5) is 28.7. The van der Waals surface area contributed by atoms with Gasteiger partial charge in [-0.25, -0.2) is 14.6 Å². The van der Waals surface area contributed by atoms with Gasteiger partial charge in [0.2, 0.25) is 0 Å². The van der Waals surface area contributed by atoms with E-state index in [1.165, 1.54) is 22.5 Å². The number of piperazine rings is 1. The molecule has 1 atom stereocenters. The van der Waals surface area contributed by atoms with Crippen molar-refractivity contribution in [3.63, 3.8) is 0 Å². The average Bonchev–Trinajstić information content (AvgIpc) is 2.81. The number of rotatable bonds is 2. The van der Waals surface area contributed by atoms with Crippen molar-refractivity contribution < 1.29 is 19.8 Å². The lowest BCUT2D eigenvalue weighted by molar-refractivity contribution is -0.134. The van der Waals surface area contributed by atoms with Crippen LogP contribution in [-0.4, -0.2) is 58.7 Å². The highest BCUT2D eigenvalue weighted by atomic mass is 16.4. The Morgan fingerprint density at radius 2 is 1.71 bits per heavy atom. The number of carbonyl (C=O) groups is 2. The number of aliphatic carboxylic acids is 2. The van der Waals surface area contributed by atoms with Gasteiger partial charge in [-0.05, 0) is 29.8 Å². The maximum Gasteiger partial charge on any atom is 0.328 e. The molecular formula is C21H23N3O4. The zero-order chi connectivity index (χ0) is 20.1. The Labute approximate surface area is 163 Å². The number of nitrogens with zero attached hydrogens (tertiary/aromatic N) is 3. The van der Waals surface area contributed by atoms with Crippen molar-refractivity contribution in [1.29, 1.82) is 0 Å². The van der Waals surface area contributed by atoms with Crippen LogP contribution in [0, 0.1) is 0 Å². The summed E-state index contributed by atoms with van der Waals surface area (Å²) >= 11 is 0. The molecule has 1 saturated heterocycles. The number of hydrogen-bond donors (Lipinski definition) is 2. The number of fused-ring (bicyclic) bond motifs is 5. The molecule has 0 radical (unpaired) electrons. The number of likely N-dealkylation sites (N-methyl/N-ethyl adjacent to an activating group) is 1. The van der Waals surface area contributed by atoms with Crippen molar-refractivity contribution in [3.8, 4) is 0 Å². The quantitative estimate of drug-likeness (QED) is 0.770. The molecule has 7 heteroatoms. The third-order valence-electron chi connectivity index (χ3n) is 4.89. The van der Waals surface area contributed by atoms with E-state index in [4.69, 9.17) is 10.2 Å². The summed E-state index contributed by atoms with van der Waals surface area (Å²) in [5, 5.41) is 15.6. The average molecular weight is 381 g/mol. The molecule has 4 rings (SSSR count). The van der Waals surface area contributed by atoms with Crippen molar-refractivity contribution in [2.24, 2.45) is 0 Å². The molecule has 0 spiro atoms. The van der Waals surface area contributed by atoms with Crippen LogP contribution in [0.15, 0.2) is 54.7 Å². The highest BCUT2D eigenvalue weighted by Gasteiger charge is 2.32. The fraction of sp³-hybridized carbons (Fsp3) is 0.286. The van der Waals surface area contributed by atoms with Crippen LogP contribution < -0.4 is 4.90 Å². The van der Waals surface area contributed by atoms with E-state index in [-0.39, 0.29) is 0 Å². The van der Waals surface area contributed by atoms with Gasteiger partial charge >= 0.3 is 11.9 Å². The Hall–Kier alpha value is -3.19. The summed E-state index contributed by atoms with van der Waals surface area (Å²) in [6.45, 7) is 3.24. The summed E-state index contributed by atoms with van der Waals surface area (Å²) in [5.41, 5.74) is 4.27. The lowest BCUT2D eigenvalue weighted by atomic mass is 9.96. The van der Waals surface area contributed by atoms with Gasteiger partial charge < -0.3 is 20.0 Å². The summed E-state index contributed by atoms with van der Waals surface area (Å²) in [6, 6.07) is 13.6. The van der Waals surface area contributed by atoms with Gasteiger partial charge in [-0.1, -0.05) is 30.3 Å². The number of carboxylic acids is 2. The fourth-order valence-electron chi connectivity index (χ4n) is 3.63. The molecule has 0 bridgehead atoms. The number of carboxylic acid groups (broad SMARTS) is 2. The van der Waals surface area contributed by atoms with Gasteiger partial charge in [0.15, 0.2) is 0 Å². The molecule has 3 heterocycles. The van der Waals surface area contributed by atoms with E-state index >= 15 is 0 Å². The van der Waals surface area contributed by atoms with Gasteiger partial charge in [-0.15, -0.1) is 0 Å². The van der Waals surface area contributed by atoms with E-state index in [9.17, 15) is 9.59 Å². The second-order valence-corrected chi connectivity index (χ2v) is 6.84. The zero-order valence-corrected chi connectivity index (χ0v) is 15.7. The van der Waals surface area contributed by atoms with Crippen LogP contribution >= 0.6 is 0 Å². The SMILES string of the molecule is CN1CCN2c3ncccc3Cc3ccccc3[C@@H]2C1.O=C(O)/C=C\C(=O)O. The first kappa shape index (κ1) is 19.6. The van der Waals surface area contributed by atoms with Gasteiger partial charge in [0.25, 0.3) is 0 Å². The Bertz CT molecular complexity index is 881. The summed E-state index contributed by atoms with van der Waals surface area (Å²) in [5.74, 6) is -1.33. The van der Waals surface area contributed by atoms with Crippen molar-refractivity contribution in [2.45, 2.75) is 12.5 Å². The maximum absolute atomic E-state index is 9.55. The van der Waals surface area contributed by atoms with Crippen LogP contribution in [0.3, 0.4) is 0 Å². The highest BCUT2D eigenvalue weighted by Crippen LogP contribution is 2.37. The van der Waals surface area contributed by atoms with Crippen molar-refractivity contribution in [3.05, 3.63) is 71.4 Å². The third-order valence-corrected chi connectivity index (χ3v) is 4.89. The topological polar surface area (TPSA) is 94.0 Å². The molecule has 2 aliphatic heterocycles. The minimum absolute atomic E-state index is 0.432. The molecule has 1 aromatic heterocycles. The molecule has 7 nitrogen and oxygen atoms in total. The number of pyridine rings is 1. The summed E-state index contributed by atoms with van der Waals surface area (Å²) in [6.07, 6.45) is 4.03. The molecule has 0 unspecified atom stereocenters. The molecular weight excluding hydrogens is 358 g/mol. The van der Waals surface area contributed by atoms with E-state index < -0.39 is 11.9 Å². The Balaban J connectivity index is 0.000000242. The highest BCUT2D eigenvalue weighted by molar-refractivity contribution is 5.89. The van der Waals surface area contributed by atoms with E-state index in [0.717, 1.165) is 26.1 Å². The van der Waals surface area contributed by atoms with Crippen LogP contribution in [0.25, 0.3) is 0 Å². The lowest BCUT2D eigenvalue weighted by Crippen LogP contribution is -2.47. The van der Waals surface area contributed by atoms with E-state index in [1.54, 1.807) is 0 Å².